The Bertz CT molecular complexity index is 456. The van der Waals surface area contributed by atoms with Crippen LogP contribution in [0.2, 0.25) is 0 Å². The van der Waals surface area contributed by atoms with Crippen LogP contribution in [0.4, 0.5) is 26.3 Å². The first-order chi connectivity index (χ1) is 8.60. The van der Waals surface area contributed by atoms with Crippen LogP contribution >= 0.6 is 0 Å². The Kier molecular flexibility index (Phi) is 4.13. The molecule has 1 heterocycles. The number of halogens is 6. The van der Waals surface area contributed by atoms with Gasteiger partial charge in [0.15, 0.2) is 11.5 Å². The molecule has 0 aliphatic rings. The highest BCUT2D eigenvalue weighted by atomic mass is 19.4. The molecular formula is C9H7F6NO3. The predicted molar refractivity (Wildman–Crippen MR) is 48.4 cm³/mol. The second kappa shape index (κ2) is 5.11. The van der Waals surface area contributed by atoms with Crippen LogP contribution in [0, 0.1) is 0 Å². The van der Waals surface area contributed by atoms with Gasteiger partial charge in [0.05, 0.1) is 19.9 Å². The van der Waals surface area contributed by atoms with Crippen molar-refractivity contribution in [2.45, 2.75) is 19.1 Å². The van der Waals surface area contributed by atoms with E-state index in [1.54, 1.807) is 0 Å². The summed E-state index contributed by atoms with van der Waals surface area (Å²) in [5.74, 6) is -2.56. The van der Waals surface area contributed by atoms with Gasteiger partial charge in [-0.15, -0.1) is 13.2 Å². The summed E-state index contributed by atoms with van der Waals surface area (Å²) in [5, 5.41) is 8.75. The molecule has 1 rings (SSSR count). The maximum atomic E-state index is 12.8. The lowest BCUT2D eigenvalue weighted by molar-refractivity contribution is -0.276. The summed E-state index contributed by atoms with van der Waals surface area (Å²) < 4.78 is 82.2. The third-order valence-corrected chi connectivity index (χ3v) is 1.94. The zero-order valence-electron chi connectivity index (χ0n) is 9.26. The zero-order chi connectivity index (χ0) is 14.8. The molecule has 0 aromatic carbocycles. The minimum atomic E-state index is -5.36. The van der Waals surface area contributed by atoms with Crippen molar-refractivity contribution >= 4 is 0 Å². The molecule has 0 atom stereocenters. The number of aliphatic hydroxyl groups is 1. The van der Waals surface area contributed by atoms with Gasteiger partial charge in [-0.3, -0.25) is 4.98 Å². The number of nitrogens with zero attached hydrogens (tertiary/aromatic N) is 1. The minimum absolute atomic E-state index is 0.553. The molecule has 0 saturated heterocycles. The molecule has 0 bridgehead atoms. The Morgan fingerprint density at radius 1 is 1.21 bits per heavy atom. The van der Waals surface area contributed by atoms with Crippen molar-refractivity contribution in [3.8, 4) is 11.5 Å². The lowest BCUT2D eigenvalue weighted by atomic mass is 10.1. The number of methoxy groups -OCH3 is 1. The third kappa shape index (κ3) is 3.63. The Morgan fingerprint density at radius 2 is 1.79 bits per heavy atom. The van der Waals surface area contributed by atoms with Gasteiger partial charge in [-0.1, -0.05) is 0 Å². The summed E-state index contributed by atoms with van der Waals surface area (Å²) in [6, 6.07) is 0. The highest BCUT2D eigenvalue weighted by molar-refractivity contribution is 5.48. The molecular weight excluding hydrogens is 284 g/mol. The molecule has 0 unspecified atom stereocenters. The number of rotatable bonds is 3. The molecule has 10 heteroatoms. The molecule has 19 heavy (non-hydrogen) atoms. The largest absolute Gasteiger partial charge is 0.573 e. The van der Waals surface area contributed by atoms with Gasteiger partial charge in [0.2, 0.25) is 0 Å². The summed E-state index contributed by atoms with van der Waals surface area (Å²) in [6.45, 7) is -1.15. The van der Waals surface area contributed by atoms with E-state index in [4.69, 9.17) is 5.11 Å². The number of pyridine rings is 1. The Balaban J connectivity index is 3.53. The molecule has 4 nitrogen and oxygen atoms in total. The van der Waals surface area contributed by atoms with Crippen molar-refractivity contribution < 1.29 is 40.9 Å². The van der Waals surface area contributed by atoms with Crippen LogP contribution in [0.25, 0.3) is 0 Å². The molecule has 108 valence electrons. The van der Waals surface area contributed by atoms with Crippen LogP contribution in [-0.2, 0) is 12.8 Å². The maximum absolute atomic E-state index is 12.8. The molecule has 0 aliphatic carbocycles. The van der Waals surface area contributed by atoms with E-state index in [2.05, 4.69) is 14.5 Å². The Morgan fingerprint density at radius 3 is 2.16 bits per heavy atom. The fourth-order valence-electron chi connectivity index (χ4n) is 1.28. The lowest BCUT2D eigenvalue weighted by Gasteiger charge is -2.19. The molecule has 0 spiro atoms. The van der Waals surface area contributed by atoms with Crippen molar-refractivity contribution in [1.29, 1.82) is 0 Å². The van der Waals surface area contributed by atoms with E-state index in [1.807, 2.05) is 0 Å². The number of alkyl halides is 6. The smallest absolute Gasteiger partial charge is 0.494 e. The normalized spacial score (nSPS) is 12.4. The van der Waals surface area contributed by atoms with E-state index in [1.165, 1.54) is 0 Å². The SMILES string of the molecule is COc1cnc(CO)c(OC(F)(F)F)c1C(F)(F)F. The van der Waals surface area contributed by atoms with Crippen molar-refractivity contribution in [3.63, 3.8) is 0 Å². The van der Waals surface area contributed by atoms with Crippen LogP contribution in [0.5, 0.6) is 11.5 Å². The number of ether oxygens (including phenoxy) is 2. The maximum Gasteiger partial charge on any atom is 0.573 e. The van der Waals surface area contributed by atoms with Gasteiger partial charge >= 0.3 is 12.5 Å². The van der Waals surface area contributed by atoms with Crippen LogP contribution in [0.15, 0.2) is 6.20 Å². The first-order valence-electron chi connectivity index (χ1n) is 4.59. The summed E-state index contributed by atoms with van der Waals surface area (Å²) in [5.41, 5.74) is -2.68. The van der Waals surface area contributed by atoms with Gasteiger partial charge in [-0.25, -0.2) is 0 Å². The van der Waals surface area contributed by atoms with E-state index in [-0.39, 0.29) is 0 Å². The molecule has 0 amide bonds. The summed E-state index contributed by atoms with van der Waals surface area (Å²) in [4.78, 5) is 3.23. The van der Waals surface area contributed by atoms with Crippen molar-refractivity contribution in [3.05, 3.63) is 17.5 Å². The van der Waals surface area contributed by atoms with Gasteiger partial charge < -0.3 is 14.6 Å². The van der Waals surface area contributed by atoms with Gasteiger partial charge in [-0.05, 0) is 0 Å². The number of aromatic nitrogens is 1. The lowest BCUT2D eigenvalue weighted by Crippen LogP contribution is -2.22. The molecule has 0 radical (unpaired) electrons. The van der Waals surface area contributed by atoms with Crippen molar-refractivity contribution in [2.75, 3.05) is 7.11 Å². The topological polar surface area (TPSA) is 51.6 Å². The van der Waals surface area contributed by atoms with Crippen LogP contribution < -0.4 is 9.47 Å². The predicted octanol–water partition coefficient (Wildman–Crippen LogP) is 2.50. The van der Waals surface area contributed by atoms with Crippen LogP contribution in [0.3, 0.4) is 0 Å². The Labute approximate surface area is 102 Å². The first-order valence-corrected chi connectivity index (χ1v) is 4.59. The number of hydrogen-bond donors (Lipinski definition) is 1. The summed E-state index contributed by atoms with van der Waals surface area (Å²) >= 11 is 0. The van der Waals surface area contributed by atoms with Gasteiger partial charge in [0, 0.05) is 0 Å². The average Bonchev–Trinajstić information content (AvgIpc) is 2.24. The minimum Gasteiger partial charge on any atom is -0.494 e. The second-order valence-corrected chi connectivity index (χ2v) is 3.18. The summed E-state index contributed by atoms with van der Waals surface area (Å²) in [6.07, 6.45) is -9.98. The number of aliphatic hydroxyl groups excluding tert-OH is 1. The van der Waals surface area contributed by atoms with Gasteiger partial charge in [0.25, 0.3) is 0 Å². The molecule has 0 saturated carbocycles. The zero-order valence-corrected chi connectivity index (χ0v) is 9.26. The summed E-state index contributed by atoms with van der Waals surface area (Å²) in [7, 11) is 0.836. The first kappa shape index (κ1) is 15.3. The van der Waals surface area contributed by atoms with E-state index in [0.29, 0.717) is 6.20 Å². The third-order valence-electron chi connectivity index (χ3n) is 1.94. The van der Waals surface area contributed by atoms with Gasteiger partial charge in [0.1, 0.15) is 11.3 Å². The van der Waals surface area contributed by atoms with Gasteiger partial charge in [-0.2, -0.15) is 13.2 Å². The highest BCUT2D eigenvalue weighted by Gasteiger charge is 2.43. The fraction of sp³-hybridized carbons (Fsp3) is 0.444. The van der Waals surface area contributed by atoms with E-state index >= 15 is 0 Å². The number of hydrogen-bond acceptors (Lipinski definition) is 4. The molecule has 1 aromatic rings. The molecule has 1 N–H and O–H groups in total. The van der Waals surface area contributed by atoms with E-state index < -0.39 is 41.9 Å². The highest BCUT2D eigenvalue weighted by Crippen LogP contribution is 2.44. The quantitative estimate of drug-likeness (QED) is 0.869. The second-order valence-electron chi connectivity index (χ2n) is 3.18. The Hall–Kier alpha value is -1.71. The van der Waals surface area contributed by atoms with Crippen molar-refractivity contribution in [1.82, 2.24) is 4.98 Å². The molecule has 0 aliphatic heterocycles. The van der Waals surface area contributed by atoms with Crippen LogP contribution in [-0.4, -0.2) is 23.6 Å². The van der Waals surface area contributed by atoms with Crippen LogP contribution in [0.1, 0.15) is 11.3 Å². The fourth-order valence-corrected chi connectivity index (χ4v) is 1.28. The van der Waals surface area contributed by atoms with Crippen molar-refractivity contribution in [2.24, 2.45) is 0 Å². The average molecular weight is 291 g/mol. The van der Waals surface area contributed by atoms with E-state index in [9.17, 15) is 26.3 Å². The molecule has 1 aromatic heterocycles. The molecule has 0 fully saturated rings. The standard InChI is InChI=1S/C9H7F6NO3/c1-18-5-2-16-4(3-17)7(19-9(13,14)15)6(5)8(10,11)12/h2,17H,3H2,1H3. The van der Waals surface area contributed by atoms with E-state index in [0.717, 1.165) is 7.11 Å². The monoisotopic (exact) mass is 291 g/mol.